The van der Waals surface area contributed by atoms with E-state index in [0.717, 1.165) is 24.6 Å². The van der Waals surface area contributed by atoms with Crippen molar-refractivity contribution in [1.29, 1.82) is 0 Å². The summed E-state index contributed by atoms with van der Waals surface area (Å²) in [6.07, 6.45) is 3.44. The van der Waals surface area contributed by atoms with E-state index in [1.54, 1.807) is 13.3 Å². The molecule has 0 fully saturated rings. The Labute approximate surface area is 100 Å². The zero-order chi connectivity index (χ0) is 12.1. The van der Waals surface area contributed by atoms with Gasteiger partial charge in [-0.25, -0.2) is 0 Å². The maximum atomic E-state index is 5.43. The number of aryl methyl sites for hydroxylation is 1. The second-order valence-electron chi connectivity index (χ2n) is 3.92. The molecule has 0 saturated carbocycles. The SMILES string of the molecule is CCCNC(Cc1nnn(C)n1)c1ccco1. The highest BCUT2D eigenvalue weighted by Gasteiger charge is 2.16. The molecule has 0 radical (unpaired) electrons. The highest BCUT2D eigenvalue weighted by molar-refractivity contribution is 5.06. The molecule has 2 rings (SSSR count). The van der Waals surface area contributed by atoms with Crippen LogP contribution in [0.3, 0.4) is 0 Å². The van der Waals surface area contributed by atoms with E-state index in [1.807, 2.05) is 12.1 Å². The number of hydrogen-bond donors (Lipinski definition) is 1. The van der Waals surface area contributed by atoms with Crippen LogP contribution in [0.15, 0.2) is 22.8 Å². The van der Waals surface area contributed by atoms with Crippen LogP contribution in [0.2, 0.25) is 0 Å². The lowest BCUT2D eigenvalue weighted by atomic mass is 10.1. The molecule has 0 amide bonds. The summed E-state index contributed by atoms with van der Waals surface area (Å²) < 4.78 is 5.43. The minimum Gasteiger partial charge on any atom is -0.468 e. The number of aromatic nitrogens is 4. The van der Waals surface area contributed by atoms with Crippen LogP contribution in [-0.2, 0) is 13.5 Å². The van der Waals surface area contributed by atoms with Gasteiger partial charge in [0.05, 0.1) is 19.4 Å². The third-order valence-corrected chi connectivity index (χ3v) is 2.46. The van der Waals surface area contributed by atoms with Gasteiger partial charge in [0, 0.05) is 6.42 Å². The minimum absolute atomic E-state index is 0.106. The number of tetrazole rings is 1. The molecule has 2 heterocycles. The topological polar surface area (TPSA) is 68.8 Å². The lowest BCUT2D eigenvalue weighted by Crippen LogP contribution is -2.24. The van der Waals surface area contributed by atoms with Gasteiger partial charge in [-0.15, -0.1) is 10.2 Å². The molecule has 1 unspecified atom stereocenters. The molecule has 0 aliphatic carbocycles. The van der Waals surface area contributed by atoms with Crippen molar-refractivity contribution in [1.82, 2.24) is 25.5 Å². The maximum absolute atomic E-state index is 5.43. The molecule has 0 aromatic carbocycles. The van der Waals surface area contributed by atoms with Crippen LogP contribution < -0.4 is 5.32 Å². The Bertz CT molecular complexity index is 436. The summed E-state index contributed by atoms with van der Waals surface area (Å²) in [5, 5.41) is 15.4. The summed E-state index contributed by atoms with van der Waals surface area (Å²) in [5.74, 6) is 1.63. The molecule has 0 aliphatic heterocycles. The standard InChI is InChI=1S/C11H17N5O/c1-3-6-12-9(10-5-4-7-17-10)8-11-13-15-16(2)14-11/h4-5,7,9,12H,3,6,8H2,1-2H3. The monoisotopic (exact) mass is 235 g/mol. The molecule has 0 bridgehead atoms. The fourth-order valence-corrected chi connectivity index (χ4v) is 1.67. The Morgan fingerprint density at radius 3 is 3.00 bits per heavy atom. The maximum Gasteiger partial charge on any atom is 0.176 e. The van der Waals surface area contributed by atoms with Gasteiger partial charge in [0.1, 0.15) is 5.76 Å². The summed E-state index contributed by atoms with van der Waals surface area (Å²) in [6, 6.07) is 3.96. The third kappa shape index (κ3) is 3.13. The van der Waals surface area contributed by atoms with Gasteiger partial charge >= 0.3 is 0 Å². The number of nitrogens with one attached hydrogen (secondary N) is 1. The molecule has 17 heavy (non-hydrogen) atoms. The third-order valence-electron chi connectivity index (χ3n) is 2.46. The number of nitrogens with zero attached hydrogens (tertiary/aromatic N) is 4. The lowest BCUT2D eigenvalue weighted by molar-refractivity contribution is 0.405. The molecule has 0 aliphatic rings. The van der Waals surface area contributed by atoms with E-state index in [2.05, 4.69) is 27.7 Å². The van der Waals surface area contributed by atoms with Gasteiger partial charge in [0.2, 0.25) is 0 Å². The Kier molecular flexibility index (Phi) is 3.87. The van der Waals surface area contributed by atoms with E-state index in [0.29, 0.717) is 6.42 Å². The zero-order valence-corrected chi connectivity index (χ0v) is 10.1. The van der Waals surface area contributed by atoms with Crippen LogP contribution in [0.25, 0.3) is 0 Å². The smallest absolute Gasteiger partial charge is 0.176 e. The van der Waals surface area contributed by atoms with Crippen molar-refractivity contribution in [2.45, 2.75) is 25.8 Å². The van der Waals surface area contributed by atoms with Crippen molar-refractivity contribution >= 4 is 0 Å². The molecular weight excluding hydrogens is 218 g/mol. The van der Waals surface area contributed by atoms with Gasteiger partial charge in [-0.05, 0) is 30.3 Å². The van der Waals surface area contributed by atoms with Crippen molar-refractivity contribution in [3.05, 3.63) is 30.0 Å². The largest absolute Gasteiger partial charge is 0.468 e. The fraction of sp³-hybridized carbons (Fsp3) is 0.545. The zero-order valence-electron chi connectivity index (χ0n) is 10.1. The van der Waals surface area contributed by atoms with Crippen LogP contribution in [0.4, 0.5) is 0 Å². The van der Waals surface area contributed by atoms with E-state index < -0.39 is 0 Å². The van der Waals surface area contributed by atoms with Gasteiger partial charge in [0.25, 0.3) is 0 Å². The van der Waals surface area contributed by atoms with Crippen LogP contribution >= 0.6 is 0 Å². The minimum atomic E-state index is 0.106. The predicted molar refractivity (Wildman–Crippen MR) is 62.2 cm³/mol. The van der Waals surface area contributed by atoms with Crippen molar-refractivity contribution in [3.8, 4) is 0 Å². The second kappa shape index (κ2) is 5.58. The number of rotatable bonds is 6. The first-order chi connectivity index (χ1) is 8.29. The molecule has 1 atom stereocenters. The quantitative estimate of drug-likeness (QED) is 0.811. The highest BCUT2D eigenvalue weighted by atomic mass is 16.3. The molecule has 92 valence electrons. The first-order valence-corrected chi connectivity index (χ1v) is 5.79. The van der Waals surface area contributed by atoms with Crippen LogP contribution in [-0.4, -0.2) is 26.8 Å². The summed E-state index contributed by atoms with van der Waals surface area (Å²) in [6.45, 7) is 3.07. The van der Waals surface area contributed by atoms with E-state index in [1.165, 1.54) is 4.80 Å². The molecular formula is C11H17N5O. The normalized spacial score (nSPS) is 12.8. The highest BCUT2D eigenvalue weighted by Crippen LogP contribution is 2.16. The molecule has 6 heteroatoms. The number of furan rings is 1. The average Bonchev–Trinajstić information content (AvgIpc) is 2.95. The lowest BCUT2D eigenvalue weighted by Gasteiger charge is -2.13. The fourth-order valence-electron chi connectivity index (χ4n) is 1.67. The van der Waals surface area contributed by atoms with Gasteiger partial charge in [-0.2, -0.15) is 4.80 Å². The molecule has 0 spiro atoms. The van der Waals surface area contributed by atoms with Crippen LogP contribution in [0, 0.1) is 0 Å². The first-order valence-electron chi connectivity index (χ1n) is 5.79. The Hall–Kier alpha value is -1.69. The molecule has 0 saturated heterocycles. The molecule has 2 aromatic heterocycles. The van der Waals surface area contributed by atoms with Crippen LogP contribution in [0.5, 0.6) is 0 Å². The van der Waals surface area contributed by atoms with Gasteiger partial charge in [-0.1, -0.05) is 6.92 Å². The van der Waals surface area contributed by atoms with Gasteiger partial charge in [-0.3, -0.25) is 0 Å². The van der Waals surface area contributed by atoms with Crippen molar-refractivity contribution in [2.24, 2.45) is 7.05 Å². The molecule has 6 nitrogen and oxygen atoms in total. The summed E-state index contributed by atoms with van der Waals surface area (Å²) in [4.78, 5) is 1.47. The van der Waals surface area contributed by atoms with E-state index in [-0.39, 0.29) is 6.04 Å². The summed E-state index contributed by atoms with van der Waals surface area (Å²) in [7, 11) is 1.76. The summed E-state index contributed by atoms with van der Waals surface area (Å²) >= 11 is 0. The van der Waals surface area contributed by atoms with Crippen LogP contribution in [0.1, 0.15) is 31.0 Å². The second-order valence-corrected chi connectivity index (χ2v) is 3.92. The van der Waals surface area contributed by atoms with Crippen molar-refractivity contribution in [2.75, 3.05) is 6.54 Å². The molecule has 1 N–H and O–H groups in total. The van der Waals surface area contributed by atoms with Gasteiger partial charge in [0.15, 0.2) is 5.82 Å². The average molecular weight is 235 g/mol. The Balaban J connectivity index is 2.05. The van der Waals surface area contributed by atoms with E-state index >= 15 is 0 Å². The predicted octanol–water partition coefficient (Wildman–Crippen LogP) is 1.09. The van der Waals surface area contributed by atoms with E-state index in [9.17, 15) is 0 Å². The Morgan fingerprint density at radius 2 is 2.41 bits per heavy atom. The van der Waals surface area contributed by atoms with Crippen molar-refractivity contribution in [3.63, 3.8) is 0 Å². The van der Waals surface area contributed by atoms with Gasteiger partial charge < -0.3 is 9.73 Å². The summed E-state index contributed by atoms with van der Waals surface area (Å²) in [5.41, 5.74) is 0. The van der Waals surface area contributed by atoms with Crippen molar-refractivity contribution < 1.29 is 4.42 Å². The Morgan fingerprint density at radius 1 is 1.53 bits per heavy atom. The number of hydrogen-bond acceptors (Lipinski definition) is 5. The molecule has 2 aromatic rings. The van der Waals surface area contributed by atoms with E-state index in [4.69, 9.17) is 4.42 Å². The first kappa shape index (κ1) is 11.8.